The van der Waals surface area contributed by atoms with Gasteiger partial charge in [-0.05, 0) is 77.5 Å². The maximum absolute atomic E-state index is 13.6. The van der Waals surface area contributed by atoms with Crippen LogP contribution in [0.5, 0.6) is 5.75 Å². The second kappa shape index (κ2) is 10.3. The summed E-state index contributed by atoms with van der Waals surface area (Å²) in [6, 6.07) is 12.9. The summed E-state index contributed by atoms with van der Waals surface area (Å²) in [7, 11) is 1.59. The van der Waals surface area contributed by atoms with E-state index in [4.69, 9.17) is 9.47 Å². The monoisotopic (exact) mass is 558 g/mol. The van der Waals surface area contributed by atoms with Crippen molar-refractivity contribution in [1.82, 2.24) is 4.57 Å². The van der Waals surface area contributed by atoms with Crippen molar-refractivity contribution in [2.24, 2.45) is 4.99 Å². The lowest BCUT2D eigenvalue weighted by atomic mass is 9.96. The van der Waals surface area contributed by atoms with Gasteiger partial charge in [0, 0.05) is 4.90 Å². The third-order valence-electron chi connectivity index (χ3n) is 5.42. The van der Waals surface area contributed by atoms with Crippen LogP contribution in [0.4, 0.5) is 0 Å². The molecule has 0 amide bonds. The average molecular weight is 560 g/mol. The van der Waals surface area contributed by atoms with Crippen LogP contribution < -0.4 is 19.6 Å². The molecule has 9 heteroatoms. The lowest BCUT2D eigenvalue weighted by Crippen LogP contribution is -2.39. The van der Waals surface area contributed by atoms with E-state index in [9.17, 15) is 9.59 Å². The Bertz CT molecular complexity index is 1460. The van der Waals surface area contributed by atoms with Gasteiger partial charge in [0.2, 0.25) is 0 Å². The highest BCUT2D eigenvalue weighted by atomic mass is 79.9. The van der Waals surface area contributed by atoms with E-state index in [-0.39, 0.29) is 12.2 Å². The van der Waals surface area contributed by atoms with Gasteiger partial charge in [-0.15, -0.1) is 11.8 Å². The molecular weight excluding hydrogens is 536 g/mol. The van der Waals surface area contributed by atoms with E-state index in [1.165, 1.54) is 11.3 Å². The number of rotatable bonds is 6. The van der Waals surface area contributed by atoms with E-state index in [2.05, 4.69) is 20.9 Å². The summed E-state index contributed by atoms with van der Waals surface area (Å²) in [6.45, 7) is 3.76. The lowest BCUT2D eigenvalue weighted by Gasteiger charge is -2.25. The van der Waals surface area contributed by atoms with Crippen molar-refractivity contribution in [2.45, 2.75) is 24.8 Å². The second-order valence-electron chi connectivity index (χ2n) is 7.47. The van der Waals surface area contributed by atoms with Crippen LogP contribution in [0.25, 0.3) is 6.08 Å². The Morgan fingerprint density at radius 1 is 1.26 bits per heavy atom. The number of thiazole rings is 1. The highest BCUT2D eigenvalue weighted by molar-refractivity contribution is 9.10. The molecule has 1 aromatic heterocycles. The highest BCUT2D eigenvalue weighted by Gasteiger charge is 2.33. The molecule has 0 N–H and O–H groups in total. The third-order valence-corrected chi connectivity index (χ3v) is 7.77. The first-order valence-corrected chi connectivity index (χ1v) is 13.4. The summed E-state index contributed by atoms with van der Waals surface area (Å²) in [5, 5.41) is 0. The molecule has 0 saturated carbocycles. The number of hydrogen-bond donors (Lipinski definition) is 0. The molecule has 1 aliphatic heterocycles. The highest BCUT2D eigenvalue weighted by Crippen LogP contribution is 2.35. The summed E-state index contributed by atoms with van der Waals surface area (Å²) >= 11 is 6.49. The fraction of sp³-hybridized carbons (Fsp3) is 0.240. The molecule has 34 heavy (non-hydrogen) atoms. The topological polar surface area (TPSA) is 69.9 Å². The molecule has 0 fully saturated rings. The number of thioether (sulfide) groups is 1. The normalized spacial score (nSPS) is 15.7. The molecule has 0 radical (unpaired) electrons. The van der Waals surface area contributed by atoms with E-state index in [1.807, 2.05) is 48.7 Å². The van der Waals surface area contributed by atoms with Crippen molar-refractivity contribution >= 4 is 51.1 Å². The summed E-state index contributed by atoms with van der Waals surface area (Å²) in [6.07, 6.45) is 3.88. The van der Waals surface area contributed by atoms with Gasteiger partial charge in [-0.1, -0.05) is 29.5 Å². The van der Waals surface area contributed by atoms with Crippen molar-refractivity contribution in [3.8, 4) is 5.75 Å². The number of halogens is 1. The molecule has 176 valence electrons. The van der Waals surface area contributed by atoms with Gasteiger partial charge in [-0.2, -0.15) is 0 Å². The fourth-order valence-electron chi connectivity index (χ4n) is 3.81. The molecule has 1 aliphatic rings. The van der Waals surface area contributed by atoms with Crippen LogP contribution in [-0.4, -0.2) is 30.5 Å². The van der Waals surface area contributed by atoms with Crippen LogP contribution >= 0.6 is 39.0 Å². The van der Waals surface area contributed by atoms with Gasteiger partial charge in [-0.25, -0.2) is 9.79 Å². The van der Waals surface area contributed by atoms with Crippen LogP contribution in [0.3, 0.4) is 0 Å². The van der Waals surface area contributed by atoms with Gasteiger partial charge in [0.1, 0.15) is 5.75 Å². The standard InChI is InChI=1S/C25H23BrN2O4S2/c1-5-32-24(30)21-14(2)27-25-28(22(21)16-8-11-19(31-3)18(26)13-16)23(29)20(34-25)12-15-6-9-17(33-4)10-7-15/h6-13,22H,5H2,1-4H3/b20-12+. The minimum absolute atomic E-state index is 0.205. The van der Waals surface area contributed by atoms with Crippen molar-refractivity contribution in [3.05, 3.63) is 89.0 Å². The van der Waals surface area contributed by atoms with Gasteiger partial charge in [0.05, 0.1) is 40.0 Å². The summed E-state index contributed by atoms with van der Waals surface area (Å²) < 4.78 is 13.6. The smallest absolute Gasteiger partial charge is 0.338 e. The third kappa shape index (κ3) is 4.64. The van der Waals surface area contributed by atoms with Gasteiger partial charge in [-0.3, -0.25) is 9.36 Å². The number of carbonyl (C=O) groups excluding carboxylic acids is 1. The van der Waals surface area contributed by atoms with Crippen LogP contribution in [0.1, 0.15) is 31.0 Å². The van der Waals surface area contributed by atoms with Gasteiger partial charge >= 0.3 is 5.97 Å². The van der Waals surface area contributed by atoms with Crippen molar-refractivity contribution < 1.29 is 14.3 Å². The molecule has 0 saturated heterocycles. The van der Waals surface area contributed by atoms with Crippen molar-refractivity contribution in [2.75, 3.05) is 20.0 Å². The molecule has 2 aromatic carbocycles. The van der Waals surface area contributed by atoms with Gasteiger partial charge in [0.15, 0.2) is 4.80 Å². The Balaban J connectivity index is 1.93. The maximum atomic E-state index is 13.6. The zero-order chi connectivity index (χ0) is 24.4. The van der Waals surface area contributed by atoms with Crippen molar-refractivity contribution in [1.29, 1.82) is 0 Å². The molecule has 4 rings (SSSR count). The lowest BCUT2D eigenvalue weighted by molar-refractivity contribution is -0.139. The number of esters is 1. The average Bonchev–Trinajstić information content (AvgIpc) is 3.13. The Morgan fingerprint density at radius 2 is 2.00 bits per heavy atom. The molecule has 1 unspecified atom stereocenters. The predicted octanol–water partition coefficient (Wildman–Crippen LogP) is 4.29. The molecule has 2 heterocycles. The first-order chi connectivity index (χ1) is 16.4. The minimum atomic E-state index is -0.668. The molecule has 1 atom stereocenters. The zero-order valence-corrected chi connectivity index (χ0v) is 22.3. The number of fused-ring (bicyclic) bond motifs is 1. The number of nitrogens with zero attached hydrogens (tertiary/aromatic N) is 2. The first kappa shape index (κ1) is 24.5. The minimum Gasteiger partial charge on any atom is -0.496 e. The number of ether oxygens (including phenoxy) is 2. The number of hydrogen-bond acceptors (Lipinski definition) is 7. The molecule has 0 bridgehead atoms. The van der Waals surface area contributed by atoms with E-state index in [1.54, 1.807) is 43.4 Å². The van der Waals surface area contributed by atoms with E-state index in [0.717, 1.165) is 20.5 Å². The SMILES string of the molecule is CCOC(=O)C1=C(C)N=c2s/c(=C/c3ccc(SC)cc3)c(=O)n2C1c1ccc(OC)c(Br)c1. The molecular formula is C25H23BrN2O4S2. The van der Waals surface area contributed by atoms with Crippen LogP contribution in [0.2, 0.25) is 0 Å². The molecule has 0 aliphatic carbocycles. The zero-order valence-electron chi connectivity index (χ0n) is 19.1. The van der Waals surface area contributed by atoms with Gasteiger partial charge in [0.25, 0.3) is 5.56 Å². The van der Waals surface area contributed by atoms with Crippen LogP contribution in [-0.2, 0) is 9.53 Å². The van der Waals surface area contributed by atoms with Crippen LogP contribution in [0, 0.1) is 0 Å². The molecule has 0 spiro atoms. The summed E-state index contributed by atoms with van der Waals surface area (Å²) in [5.74, 6) is 0.172. The summed E-state index contributed by atoms with van der Waals surface area (Å²) in [5.41, 5.74) is 2.36. The fourth-order valence-corrected chi connectivity index (χ4v) is 5.82. The Hall–Kier alpha value is -2.62. The maximum Gasteiger partial charge on any atom is 0.338 e. The number of aromatic nitrogens is 1. The van der Waals surface area contributed by atoms with E-state index in [0.29, 0.717) is 26.4 Å². The van der Waals surface area contributed by atoms with Crippen LogP contribution in [0.15, 0.2) is 72.9 Å². The predicted molar refractivity (Wildman–Crippen MR) is 139 cm³/mol. The Labute approximate surface area is 213 Å². The van der Waals surface area contributed by atoms with Gasteiger partial charge < -0.3 is 9.47 Å². The summed E-state index contributed by atoms with van der Waals surface area (Å²) in [4.78, 5) is 32.9. The quantitative estimate of drug-likeness (QED) is 0.333. The Morgan fingerprint density at radius 3 is 2.62 bits per heavy atom. The van der Waals surface area contributed by atoms with E-state index >= 15 is 0 Å². The first-order valence-electron chi connectivity index (χ1n) is 10.5. The molecule has 6 nitrogen and oxygen atoms in total. The van der Waals surface area contributed by atoms with E-state index < -0.39 is 12.0 Å². The number of benzene rings is 2. The van der Waals surface area contributed by atoms with Crippen molar-refractivity contribution in [3.63, 3.8) is 0 Å². The number of allylic oxidation sites excluding steroid dienone is 1. The molecule has 3 aromatic rings. The Kier molecular flexibility index (Phi) is 7.45. The number of carbonyl (C=O) groups is 1. The largest absolute Gasteiger partial charge is 0.496 e. The second-order valence-corrected chi connectivity index (χ2v) is 10.2. The number of methoxy groups -OCH3 is 1.